The zero-order chi connectivity index (χ0) is 21.3. The Balaban J connectivity index is 2.08. The third-order valence-electron chi connectivity index (χ3n) is 5.47. The van der Waals surface area contributed by atoms with Crippen LogP contribution in [0.2, 0.25) is 0 Å². The van der Waals surface area contributed by atoms with Crippen LogP contribution in [0.4, 0.5) is 0 Å². The summed E-state index contributed by atoms with van der Waals surface area (Å²) in [6, 6.07) is 30.1. The minimum Gasteiger partial charge on any atom is -0.492 e. The van der Waals surface area contributed by atoms with Crippen molar-refractivity contribution in [1.82, 2.24) is 4.90 Å². The monoisotopic (exact) mass is 399 g/mol. The summed E-state index contributed by atoms with van der Waals surface area (Å²) in [5.74, 6) is 1.36. The van der Waals surface area contributed by atoms with E-state index in [0.717, 1.165) is 18.7 Å². The molecule has 0 fully saturated rings. The first kappa shape index (κ1) is 21.9. The molecule has 1 unspecified atom stereocenters. The fourth-order valence-electron chi connectivity index (χ4n) is 3.64. The Morgan fingerprint density at radius 3 is 1.83 bits per heavy atom. The Morgan fingerprint density at radius 1 is 0.767 bits per heavy atom. The summed E-state index contributed by atoms with van der Waals surface area (Å²) in [6.45, 7) is 6.18. The first-order valence-corrected chi connectivity index (χ1v) is 10.8. The molecule has 0 aromatic heterocycles. The molecule has 0 N–H and O–H groups in total. The third kappa shape index (κ3) is 5.61. The van der Waals surface area contributed by atoms with Gasteiger partial charge in [-0.25, -0.2) is 0 Å². The van der Waals surface area contributed by atoms with Gasteiger partial charge in [0.2, 0.25) is 0 Å². The summed E-state index contributed by atoms with van der Waals surface area (Å²) >= 11 is 0. The molecule has 0 aliphatic carbocycles. The lowest BCUT2D eigenvalue weighted by Gasteiger charge is -2.22. The van der Waals surface area contributed by atoms with Crippen LogP contribution in [-0.2, 0) is 0 Å². The van der Waals surface area contributed by atoms with Crippen LogP contribution in [0, 0.1) is 5.92 Å². The van der Waals surface area contributed by atoms with Crippen LogP contribution in [0.25, 0.3) is 11.1 Å². The van der Waals surface area contributed by atoms with E-state index >= 15 is 0 Å². The lowest BCUT2D eigenvalue weighted by molar-refractivity contribution is 0.261. The van der Waals surface area contributed by atoms with Crippen LogP contribution in [0.5, 0.6) is 5.75 Å². The number of likely N-dealkylation sites (N-methyl/N-ethyl adjacent to an activating group) is 1. The maximum atomic E-state index is 5.91. The average molecular weight is 400 g/mol. The molecule has 0 radical (unpaired) electrons. The number of rotatable bonds is 9. The first-order valence-electron chi connectivity index (χ1n) is 10.8. The molecule has 0 saturated heterocycles. The standard InChI is InChI=1S/C28H33NO/c1-5-22(2)27(23-12-8-6-9-13-23)28(24-14-10-7-11-15-24)25-16-18-26(19-17-25)30-21-20-29(3)4/h6-19,22H,5,20-21H2,1-4H3/b28-27-. The van der Waals surface area contributed by atoms with Crippen LogP contribution >= 0.6 is 0 Å². The Bertz CT molecular complexity index is 927. The normalized spacial score (nSPS) is 13.1. The second-order valence-electron chi connectivity index (χ2n) is 8.01. The summed E-state index contributed by atoms with van der Waals surface area (Å²) in [5, 5.41) is 0. The van der Waals surface area contributed by atoms with Gasteiger partial charge in [0.1, 0.15) is 12.4 Å². The molecule has 3 aromatic carbocycles. The number of nitrogens with zero attached hydrogens (tertiary/aromatic N) is 1. The Hall–Kier alpha value is -2.84. The zero-order valence-corrected chi connectivity index (χ0v) is 18.6. The Labute approximate surface area is 181 Å². The van der Waals surface area contributed by atoms with Crippen LogP contribution in [0.1, 0.15) is 37.0 Å². The van der Waals surface area contributed by atoms with Crippen molar-refractivity contribution in [3.63, 3.8) is 0 Å². The van der Waals surface area contributed by atoms with Gasteiger partial charge in [-0.15, -0.1) is 0 Å². The van der Waals surface area contributed by atoms with Crippen molar-refractivity contribution in [2.24, 2.45) is 5.92 Å². The molecule has 156 valence electrons. The van der Waals surface area contributed by atoms with E-state index < -0.39 is 0 Å². The van der Waals surface area contributed by atoms with Crippen LogP contribution < -0.4 is 4.74 Å². The molecular formula is C28H33NO. The van der Waals surface area contributed by atoms with Crippen molar-refractivity contribution >= 4 is 11.1 Å². The number of hydrogen-bond acceptors (Lipinski definition) is 2. The van der Waals surface area contributed by atoms with E-state index in [9.17, 15) is 0 Å². The molecular weight excluding hydrogens is 366 g/mol. The minimum atomic E-state index is 0.443. The third-order valence-corrected chi connectivity index (χ3v) is 5.47. The summed E-state index contributed by atoms with van der Waals surface area (Å²) < 4.78 is 5.91. The lowest BCUT2D eigenvalue weighted by atomic mass is 9.82. The fraction of sp³-hybridized carbons (Fsp3) is 0.286. The number of allylic oxidation sites excluding steroid dienone is 1. The molecule has 0 aliphatic rings. The zero-order valence-electron chi connectivity index (χ0n) is 18.6. The Kier molecular flexibility index (Phi) is 7.87. The number of benzene rings is 3. The molecule has 0 saturated carbocycles. The van der Waals surface area contributed by atoms with Gasteiger partial charge in [-0.05, 0) is 66.4 Å². The number of hydrogen-bond donors (Lipinski definition) is 0. The molecule has 0 heterocycles. The molecule has 0 bridgehead atoms. The van der Waals surface area contributed by atoms with Gasteiger partial charge < -0.3 is 9.64 Å². The molecule has 0 aliphatic heterocycles. The van der Waals surface area contributed by atoms with Gasteiger partial charge in [0.05, 0.1) is 0 Å². The van der Waals surface area contributed by atoms with Gasteiger partial charge in [0.15, 0.2) is 0 Å². The molecule has 30 heavy (non-hydrogen) atoms. The van der Waals surface area contributed by atoms with Crippen molar-refractivity contribution in [2.45, 2.75) is 20.3 Å². The maximum absolute atomic E-state index is 5.91. The van der Waals surface area contributed by atoms with Crippen LogP contribution in [0.15, 0.2) is 84.9 Å². The molecule has 2 nitrogen and oxygen atoms in total. The van der Waals surface area contributed by atoms with Crippen LogP contribution in [-0.4, -0.2) is 32.1 Å². The van der Waals surface area contributed by atoms with E-state index in [2.05, 4.69) is 118 Å². The summed E-state index contributed by atoms with van der Waals surface area (Å²) in [4.78, 5) is 2.13. The predicted octanol–water partition coefficient (Wildman–Crippen LogP) is 6.63. The van der Waals surface area contributed by atoms with Gasteiger partial charge in [-0.2, -0.15) is 0 Å². The van der Waals surface area contributed by atoms with Crippen LogP contribution in [0.3, 0.4) is 0 Å². The van der Waals surface area contributed by atoms with Gasteiger partial charge in [0.25, 0.3) is 0 Å². The minimum absolute atomic E-state index is 0.443. The van der Waals surface area contributed by atoms with Crippen molar-refractivity contribution < 1.29 is 4.74 Å². The molecule has 2 heteroatoms. The van der Waals surface area contributed by atoms with E-state index in [1.54, 1.807) is 0 Å². The smallest absolute Gasteiger partial charge is 0.119 e. The highest BCUT2D eigenvalue weighted by atomic mass is 16.5. The van der Waals surface area contributed by atoms with Crippen molar-refractivity contribution in [3.8, 4) is 5.75 Å². The highest BCUT2D eigenvalue weighted by molar-refractivity contribution is 5.99. The lowest BCUT2D eigenvalue weighted by Crippen LogP contribution is -2.19. The molecule has 0 spiro atoms. The molecule has 0 amide bonds. The Morgan fingerprint density at radius 2 is 1.30 bits per heavy atom. The highest BCUT2D eigenvalue weighted by Crippen LogP contribution is 2.38. The van der Waals surface area contributed by atoms with E-state index in [0.29, 0.717) is 12.5 Å². The summed E-state index contributed by atoms with van der Waals surface area (Å²) in [5.41, 5.74) is 6.46. The maximum Gasteiger partial charge on any atom is 0.119 e. The molecule has 1 atom stereocenters. The largest absolute Gasteiger partial charge is 0.492 e. The predicted molar refractivity (Wildman–Crippen MR) is 129 cm³/mol. The van der Waals surface area contributed by atoms with Gasteiger partial charge >= 0.3 is 0 Å². The van der Waals surface area contributed by atoms with Gasteiger partial charge in [-0.1, -0.05) is 86.6 Å². The van der Waals surface area contributed by atoms with Gasteiger partial charge in [0, 0.05) is 6.54 Å². The molecule has 3 rings (SSSR count). The first-order chi connectivity index (χ1) is 14.6. The van der Waals surface area contributed by atoms with Gasteiger partial charge in [-0.3, -0.25) is 0 Å². The van der Waals surface area contributed by atoms with E-state index in [1.165, 1.54) is 27.8 Å². The second-order valence-corrected chi connectivity index (χ2v) is 8.01. The molecule has 3 aromatic rings. The SMILES string of the molecule is CCC(C)/C(=C(\c1ccccc1)c1ccc(OCCN(C)C)cc1)c1ccccc1. The van der Waals surface area contributed by atoms with Crippen molar-refractivity contribution in [3.05, 3.63) is 102 Å². The van der Waals surface area contributed by atoms with E-state index in [-0.39, 0.29) is 0 Å². The quantitative estimate of drug-likeness (QED) is 0.374. The summed E-state index contributed by atoms with van der Waals surface area (Å²) in [6.07, 6.45) is 1.09. The van der Waals surface area contributed by atoms with E-state index in [4.69, 9.17) is 4.74 Å². The summed E-state index contributed by atoms with van der Waals surface area (Å²) in [7, 11) is 4.12. The second kappa shape index (κ2) is 10.8. The van der Waals surface area contributed by atoms with E-state index in [1.807, 2.05) is 0 Å². The topological polar surface area (TPSA) is 12.5 Å². The fourth-order valence-corrected chi connectivity index (χ4v) is 3.64. The highest BCUT2D eigenvalue weighted by Gasteiger charge is 2.18. The van der Waals surface area contributed by atoms with Crippen molar-refractivity contribution in [1.29, 1.82) is 0 Å². The van der Waals surface area contributed by atoms with Crippen molar-refractivity contribution in [2.75, 3.05) is 27.2 Å². The number of ether oxygens (including phenoxy) is 1. The average Bonchev–Trinajstić information content (AvgIpc) is 2.78.